The molecular weight excluding hydrogens is 362 g/mol. The summed E-state index contributed by atoms with van der Waals surface area (Å²) in [6, 6.07) is 10.5. The first-order valence-electron chi connectivity index (χ1n) is 6.92. The second kappa shape index (κ2) is 7.23. The fourth-order valence-electron chi connectivity index (χ4n) is 2.00. The Kier molecular flexibility index (Phi) is 5.33. The molecule has 1 amide bonds. The minimum Gasteiger partial charge on any atom is -0.376 e. The second-order valence-electron chi connectivity index (χ2n) is 5.12. The maximum atomic E-state index is 12.0. The van der Waals surface area contributed by atoms with Gasteiger partial charge in [-0.1, -0.05) is 15.9 Å². The van der Waals surface area contributed by atoms with Crippen molar-refractivity contribution in [1.82, 2.24) is 0 Å². The summed E-state index contributed by atoms with van der Waals surface area (Å²) >= 11 is 3.33. The number of anilines is 2. The number of hydrogen-bond donors (Lipinski definition) is 2. The zero-order chi connectivity index (χ0) is 17.0. The average Bonchev–Trinajstić information content (AvgIpc) is 2.50. The van der Waals surface area contributed by atoms with Gasteiger partial charge in [0.15, 0.2) is 0 Å². The first-order valence-corrected chi connectivity index (χ1v) is 7.71. The monoisotopic (exact) mass is 377 g/mol. The average molecular weight is 378 g/mol. The highest BCUT2D eigenvalue weighted by atomic mass is 79.9. The molecule has 0 fully saturated rings. The predicted molar refractivity (Wildman–Crippen MR) is 93.8 cm³/mol. The van der Waals surface area contributed by atoms with Gasteiger partial charge in [-0.25, -0.2) is 0 Å². The smallest absolute Gasteiger partial charge is 0.293 e. The van der Waals surface area contributed by atoms with Crippen LogP contribution in [0, 0.1) is 24.0 Å². The zero-order valence-corrected chi connectivity index (χ0v) is 14.3. The Balaban J connectivity index is 2.06. The van der Waals surface area contributed by atoms with E-state index in [1.54, 1.807) is 13.0 Å². The third-order valence-electron chi connectivity index (χ3n) is 3.38. The number of carbonyl (C=O) groups is 1. The third kappa shape index (κ3) is 4.53. The van der Waals surface area contributed by atoms with Gasteiger partial charge in [-0.05, 0) is 55.3 Å². The summed E-state index contributed by atoms with van der Waals surface area (Å²) < 4.78 is 0.943. The van der Waals surface area contributed by atoms with Gasteiger partial charge in [0, 0.05) is 16.2 Å². The van der Waals surface area contributed by atoms with Gasteiger partial charge in [0.2, 0.25) is 5.91 Å². The van der Waals surface area contributed by atoms with Gasteiger partial charge in [0.25, 0.3) is 5.69 Å². The van der Waals surface area contributed by atoms with Crippen molar-refractivity contribution in [2.75, 3.05) is 17.2 Å². The van der Waals surface area contributed by atoms with E-state index in [1.807, 2.05) is 31.2 Å². The van der Waals surface area contributed by atoms with Gasteiger partial charge in [-0.15, -0.1) is 0 Å². The lowest BCUT2D eigenvalue weighted by Crippen LogP contribution is -2.22. The molecule has 0 aromatic heterocycles. The highest BCUT2D eigenvalue weighted by molar-refractivity contribution is 9.10. The number of rotatable bonds is 5. The first-order chi connectivity index (χ1) is 10.9. The van der Waals surface area contributed by atoms with Crippen molar-refractivity contribution >= 4 is 38.9 Å². The van der Waals surface area contributed by atoms with Crippen LogP contribution in [-0.4, -0.2) is 17.4 Å². The number of hydrogen-bond acceptors (Lipinski definition) is 4. The topological polar surface area (TPSA) is 84.3 Å². The third-order valence-corrected chi connectivity index (χ3v) is 3.91. The normalized spacial score (nSPS) is 10.2. The molecule has 0 saturated carbocycles. The molecule has 0 unspecified atom stereocenters. The van der Waals surface area contributed by atoms with Crippen LogP contribution >= 0.6 is 15.9 Å². The van der Waals surface area contributed by atoms with Gasteiger partial charge in [0.1, 0.15) is 5.69 Å². The predicted octanol–water partition coefficient (Wildman–Crippen LogP) is 4.02. The number of aryl methyl sites for hydroxylation is 2. The summed E-state index contributed by atoms with van der Waals surface area (Å²) in [6.07, 6.45) is 0. The molecule has 120 valence electrons. The van der Waals surface area contributed by atoms with Crippen molar-refractivity contribution in [3.63, 3.8) is 0 Å². The Hall–Kier alpha value is -2.41. The molecule has 6 nitrogen and oxygen atoms in total. The van der Waals surface area contributed by atoms with Gasteiger partial charge in [-0.3, -0.25) is 14.9 Å². The fourth-order valence-corrected chi connectivity index (χ4v) is 2.26. The summed E-state index contributed by atoms with van der Waals surface area (Å²) in [4.78, 5) is 22.6. The second-order valence-corrected chi connectivity index (χ2v) is 6.04. The van der Waals surface area contributed by atoms with Gasteiger partial charge in [0.05, 0.1) is 11.5 Å². The maximum Gasteiger partial charge on any atom is 0.293 e. The van der Waals surface area contributed by atoms with Crippen molar-refractivity contribution in [1.29, 1.82) is 0 Å². The molecule has 0 aliphatic rings. The molecule has 0 aliphatic heterocycles. The Morgan fingerprint density at radius 2 is 1.78 bits per heavy atom. The highest BCUT2D eigenvalue weighted by Crippen LogP contribution is 2.27. The number of nitrogens with one attached hydrogen (secondary N) is 2. The number of nitro groups is 1. The standard InChI is InChI=1S/C16H16BrN3O3/c1-10-7-14(15(20(22)23)8-11(10)2)19-16(21)9-18-13-5-3-12(17)4-6-13/h3-8,18H,9H2,1-2H3,(H,19,21). The van der Waals surface area contributed by atoms with Crippen LogP contribution in [0.1, 0.15) is 11.1 Å². The molecule has 0 spiro atoms. The molecule has 0 aliphatic carbocycles. The Morgan fingerprint density at radius 1 is 1.17 bits per heavy atom. The lowest BCUT2D eigenvalue weighted by molar-refractivity contribution is -0.384. The van der Waals surface area contributed by atoms with E-state index >= 15 is 0 Å². The molecule has 7 heteroatoms. The minimum absolute atomic E-state index is 0.0196. The van der Waals surface area contributed by atoms with Crippen LogP contribution in [0.5, 0.6) is 0 Å². The quantitative estimate of drug-likeness (QED) is 0.608. The molecule has 23 heavy (non-hydrogen) atoms. The molecule has 0 atom stereocenters. The van der Waals surface area contributed by atoms with Crippen molar-refractivity contribution < 1.29 is 9.72 Å². The highest BCUT2D eigenvalue weighted by Gasteiger charge is 2.17. The van der Waals surface area contributed by atoms with Crippen LogP contribution in [-0.2, 0) is 4.79 Å². The number of benzene rings is 2. The maximum absolute atomic E-state index is 12.0. The molecular formula is C16H16BrN3O3. The number of halogens is 1. The van der Waals surface area contributed by atoms with E-state index in [0.29, 0.717) is 0 Å². The van der Waals surface area contributed by atoms with E-state index < -0.39 is 4.92 Å². The molecule has 2 aromatic rings. The SMILES string of the molecule is Cc1cc(NC(=O)CNc2ccc(Br)cc2)c([N+](=O)[O-])cc1C. The van der Waals surface area contributed by atoms with Crippen LogP contribution in [0.3, 0.4) is 0 Å². The van der Waals surface area contributed by atoms with Crippen molar-refractivity contribution in [2.24, 2.45) is 0 Å². The van der Waals surface area contributed by atoms with Crippen LogP contribution in [0.4, 0.5) is 17.1 Å². The Labute approximate surface area is 142 Å². The van der Waals surface area contributed by atoms with Crippen LogP contribution in [0.25, 0.3) is 0 Å². The minimum atomic E-state index is -0.496. The van der Waals surface area contributed by atoms with Crippen molar-refractivity contribution in [3.05, 3.63) is 62.1 Å². The van der Waals surface area contributed by atoms with Crippen LogP contribution in [0.2, 0.25) is 0 Å². The van der Waals surface area contributed by atoms with Crippen molar-refractivity contribution in [2.45, 2.75) is 13.8 Å². The molecule has 0 radical (unpaired) electrons. The van der Waals surface area contributed by atoms with E-state index in [0.717, 1.165) is 21.3 Å². The van der Waals surface area contributed by atoms with Gasteiger partial charge in [-0.2, -0.15) is 0 Å². The summed E-state index contributed by atoms with van der Waals surface area (Å²) in [5.41, 5.74) is 2.58. The van der Waals surface area contributed by atoms with Gasteiger partial charge < -0.3 is 10.6 Å². The van der Waals surface area contributed by atoms with E-state index in [1.165, 1.54) is 6.07 Å². The van der Waals surface area contributed by atoms with E-state index in [9.17, 15) is 14.9 Å². The lowest BCUT2D eigenvalue weighted by atomic mass is 10.1. The summed E-state index contributed by atoms with van der Waals surface area (Å²) in [6.45, 7) is 3.66. The number of nitro benzene ring substituents is 1. The summed E-state index contributed by atoms with van der Waals surface area (Å²) in [7, 11) is 0. The fraction of sp³-hybridized carbons (Fsp3) is 0.188. The largest absolute Gasteiger partial charge is 0.376 e. The summed E-state index contributed by atoms with van der Waals surface area (Å²) in [5.74, 6) is -0.348. The van der Waals surface area contributed by atoms with Crippen LogP contribution < -0.4 is 10.6 Å². The summed E-state index contributed by atoms with van der Waals surface area (Å²) in [5, 5.41) is 16.7. The first kappa shape index (κ1) is 17.0. The van der Waals surface area contributed by atoms with E-state index in [4.69, 9.17) is 0 Å². The van der Waals surface area contributed by atoms with E-state index in [-0.39, 0.29) is 23.8 Å². The van der Waals surface area contributed by atoms with Crippen LogP contribution in [0.15, 0.2) is 40.9 Å². The lowest BCUT2D eigenvalue weighted by Gasteiger charge is -2.10. The molecule has 2 rings (SSSR count). The Morgan fingerprint density at radius 3 is 2.39 bits per heavy atom. The molecule has 0 heterocycles. The molecule has 2 N–H and O–H groups in total. The Bertz CT molecular complexity index is 745. The number of nitrogens with zero attached hydrogens (tertiary/aromatic N) is 1. The number of carbonyl (C=O) groups excluding carboxylic acids is 1. The molecule has 0 bridgehead atoms. The molecule has 0 saturated heterocycles. The van der Waals surface area contributed by atoms with E-state index in [2.05, 4.69) is 26.6 Å². The zero-order valence-electron chi connectivity index (χ0n) is 12.7. The van der Waals surface area contributed by atoms with Gasteiger partial charge >= 0.3 is 0 Å². The van der Waals surface area contributed by atoms with Crippen molar-refractivity contribution in [3.8, 4) is 0 Å². The molecule has 2 aromatic carbocycles. The number of amides is 1.